The van der Waals surface area contributed by atoms with E-state index in [1.165, 1.54) is 22.3 Å². The second kappa shape index (κ2) is 6.85. The molecule has 0 heterocycles. The van der Waals surface area contributed by atoms with Gasteiger partial charge in [0.05, 0.1) is 6.61 Å². The van der Waals surface area contributed by atoms with Gasteiger partial charge in [0.25, 0.3) is 0 Å². The minimum Gasteiger partial charge on any atom is -0.447 e. The fourth-order valence-corrected chi connectivity index (χ4v) is 2.87. The highest BCUT2D eigenvalue weighted by Crippen LogP contribution is 2.44. The lowest BCUT2D eigenvalue weighted by atomic mass is 9.98. The zero-order valence-corrected chi connectivity index (χ0v) is 12.9. The molecule has 0 unspecified atom stereocenters. The van der Waals surface area contributed by atoms with Gasteiger partial charge in [-0.05, 0) is 22.3 Å². The molecule has 2 aromatic carbocycles. The van der Waals surface area contributed by atoms with Crippen LogP contribution in [0.15, 0.2) is 48.5 Å². The summed E-state index contributed by atoms with van der Waals surface area (Å²) in [5.41, 5.74) is 7.03. The Hall–Kier alpha value is -1.98. The summed E-state index contributed by atoms with van der Waals surface area (Å²) in [6, 6.07) is 16.4. The van der Waals surface area contributed by atoms with Crippen LogP contribution in [0.3, 0.4) is 0 Å². The van der Waals surface area contributed by atoms with Gasteiger partial charge >= 0.3 is 6.09 Å². The molecule has 0 atom stereocenters. The van der Waals surface area contributed by atoms with Crippen molar-refractivity contribution in [2.24, 2.45) is 0 Å². The van der Waals surface area contributed by atoms with E-state index in [1.54, 1.807) is 0 Å². The molecule has 5 heteroatoms. The van der Waals surface area contributed by atoms with E-state index in [0.717, 1.165) is 0 Å². The Morgan fingerprint density at radius 2 is 1.64 bits per heavy atom. The van der Waals surface area contributed by atoms with Crippen molar-refractivity contribution in [1.82, 2.24) is 5.48 Å². The highest BCUT2D eigenvalue weighted by Gasteiger charge is 2.28. The first-order valence-electron chi connectivity index (χ1n) is 7.15. The summed E-state index contributed by atoms with van der Waals surface area (Å²) in [4.78, 5) is 16.5. The molecule has 0 aliphatic heterocycles. The molecule has 0 saturated carbocycles. The van der Waals surface area contributed by atoms with Crippen LogP contribution < -0.4 is 5.48 Å². The molecular weight excluding hydrogens is 298 g/mol. The number of ether oxygens (including phenoxy) is 1. The van der Waals surface area contributed by atoms with E-state index < -0.39 is 6.09 Å². The van der Waals surface area contributed by atoms with Gasteiger partial charge in [-0.3, -0.25) is 4.84 Å². The van der Waals surface area contributed by atoms with Crippen LogP contribution >= 0.6 is 12.6 Å². The van der Waals surface area contributed by atoms with Gasteiger partial charge in [0.1, 0.15) is 6.61 Å². The molecule has 22 heavy (non-hydrogen) atoms. The third-order valence-electron chi connectivity index (χ3n) is 3.69. The molecule has 0 fully saturated rings. The third kappa shape index (κ3) is 2.96. The minimum absolute atomic E-state index is 0.0584. The molecule has 0 saturated heterocycles. The topological polar surface area (TPSA) is 47.6 Å². The van der Waals surface area contributed by atoms with E-state index in [4.69, 9.17) is 9.57 Å². The lowest BCUT2D eigenvalue weighted by molar-refractivity contribution is 0.0349. The fourth-order valence-electron chi connectivity index (χ4n) is 2.78. The largest absolute Gasteiger partial charge is 0.447 e. The summed E-state index contributed by atoms with van der Waals surface area (Å²) < 4.78 is 5.29. The van der Waals surface area contributed by atoms with Crippen LogP contribution in [0.1, 0.15) is 17.0 Å². The molecule has 0 aromatic heterocycles. The van der Waals surface area contributed by atoms with Crippen molar-refractivity contribution >= 4 is 18.7 Å². The van der Waals surface area contributed by atoms with E-state index in [0.29, 0.717) is 12.4 Å². The van der Waals surface area contributed by atoms with E-state index in [-0.39, 0.29) is 12.5 Å². The molecule has 4 nitrogen and oxygen atoms in total. The van der Waals surface area contributed by atoms with Crippen molar-refractivity contribution in [3.05, 3.63) is 59.7 Å². The number of benzene rings is 2. The SMILES string of the molecule is O=C(NOCCS)OCC1c2ccccc2-c2ccccc21. The van der Waals surface area contributed by atoms with Gasteiger partial charge in [0.15, 0.2) is 0 Å². The van der Waals surface area contributed by atoms with Crippen LogP contribution in [0.25, 0.3) is 11.1 Å². The normalized spacial score (nSPS) is 12.6. The number of hydrogen-bond donors (Lipinski definition) is 2. The Labute approximate surface area is 134 Å². The maximum absolute atomic E-state index is 11.6. The van der Waals surface area contributed by atoms with Gasteiger partial charge in [0.2, 0.25) is 0 Å². The van der Waals surface area contributed by atoms with E-state index in [9.17, 15) is 4.79 Å². The van der Waals surface area contributed by atoms with E-state index in [2.05, 4.69) is 42.4 Å². The first kappa shape index (κ1) is 14.9. The molecule has 1 aliphatic carbocycles. The molecule has 0 radical (unpaired) electrons. The Balaban J connectivity index is 1.73. The van der Waals surface area contributed by atoms with Gasteiger partial charge in [-0.25, -0.2) is 4.79 Å². The molecule has 0 spiro atoms. The standard InChI is InChI=1S/C17H17NO3S/c19-17(18-21-9-10-22)20-11-16-14-7-3-1-5-12(14)13-6-2-4-8-15(13)16/h1-8,16,22H,9-11H2,(H,18,19). The highest BCUT2D eigenvalue weighted by atomic mass is 32.1. The molecule has 0 bridgehead atoms. The molecule has 2 aromatic rings. The smallest absolute Gasteiger partial charge is 0.431 e. The van der Waals surface area contributed by atoms with Gasteiger partial charge in [-0.1, -0.05) is 48.5 Å². The molecule has 1 aliphatic rings. The predicted molar refractivity (Wildman–Crippen MR) is 88.0 cm³/mol. The molecule has 3 rings (SSSR count). The number of carbonyl (C=O) groups excluding carboxylic acids is 1. The molecule has 1 N–H and O–H groups in total. The minimum atomic E-state index is -0.580. The van der Waals surface area contributed by atoms with Crippen LogP contribution in [-0.4, -0.2) is 25.1 Å². The molecule has 1 amide bonds. The van der Waals surface area contributed by atoms with Crippen molar-refractivity contribution in [1.29, 1.82) is 0 Å². The molecule has 114 valence electrons. The van der Waals surface area contributed by atoms with Crippen molar-refractivity contribution in [3.8, 4) is 11.1 Å². The molecular formula is C17H17NO3S. The lowest BCUT2D eigenvalue weighted by Crippen LogP contribution is -2.27. The number of hydroxylamine groups is 1. The predicted octanol–water partition coefficient (Wildman–Crippen LogP) is 3.39. The number of thiol groups is 1. The van der Waals surface area contributed by atoms with Crippen LogP contribution in [0.5, 0.6) is 0 Å². The lowest BCUT2D eigenvalue weighted by Gasteiger charge is -2.14. The van der Waals surface area contributed by atoms with Crippen molar-refractivity contribution < 1.29 is 14.4 Å². The van der Waals surface area contributed by atoms with E-state index in [1.807, 2.05) is 24.3 Å². The third-order valence-corrected chi connectivity index (χ3v) is 3.88. The van der Waals surface area contributed by atoms with Gasteiger partial charge in [0, 0.05) is 11.7 Å². The zero-order valence-electron chi connectivity index (χ0n) is 12.0. The van der Waals surface area contributed by atoms with Crippen LogP contribution in [0.4, 0.5) is 4.79 Å². The fraction of sp³-hybridized carbons (Fsp3) is 0.235. The maximum atomic E-state index is 11.6. The average molecular weight is 315 g/mol. The Morgan fingerprint density at radius 1 is 1.05 bits per heavy atom. The Bertz CT molecular complexity index is 629. The monoisotopic (exact) mass is 315 g/mol. The van der Waals surface area contributed by atoms with Gasteiger partial charge in [-0.15, -0.1) is 0 Å². The van der Waals surface area contributed by atoms with Crippen LogP contribution in [0, 0.1) is 0 Å². The number of carbonyl (C=O) groups is 1. The van der Waals surface area contributed by atoms with Crippen LogP contribution in [0.2, 0.25) is 0 Å². The second-order valence-electron chi connectivity index (χ2n) is 5.00. The van der Waals surface area contributed by atoms with Gasteiger partial charge < -0.3 is 4.74 Å². The maximum Gasteiger partial charge on any atom is 0.431 e. The summed E-state index contributed by atoms with van der Waals surface area (Å²) in [6.45, 7) is 0.622. The second-order valence-corrected chi connectivity index (χ2v) is 5.45. The van der Waals surface area contributed by atoms with E-state index >= 15 is 0 Å². The first-order chi connectivity index (χ1) is 10.8. The summed E-state index contributed by atoms with van der Waals surface area (Å²) in [7, 11) is 0. The van der Waals surface area contributed by atoms with Crippen molar-refractivity contribution in [2.75, 3.05) is 19.0 Å². The van der Waals surface area contributed by atoms with Gasteiger partial charge in [-0.2, -0.15) is 18.1 Å². The highest BCUT2D eigenvalue weighted by molar-refractivity contribution is 7.80. The van der Waals surface area contributed by atoms with Crippen molar-refractivity contribution in [3.63, 3.8) is 0 Å². The summed E-state index contributed by atoms with van der Waals surface area (Å²) in [5.74, 6) is 0.590. The summed E-state index contributed by atoms with van der Waals surface area (Å²) in [5, 5.41) is 0. The first-order valence-corrected chi connectivity index (χ1v) is 7.78. The zero-order chi connectivity index (χ0) is 15.4. The number of nitrogens with one attached hydrogen (secondary N) is 1. The summed E-state index contributed by atoms with van der Waals surface area (Å²) >= 11 is 3.99. The number of fused-ring (bicyclic) bond motifs is 3. The summed E-state index contributed by atoms with van der Waals surface area (Å²) in [6.07, 6.45) is -0.580. The Kier molecular flexibility index (Phi) is 4.65. The van der Waals surface area contributed by atoms with Crippen molar-refractivity contribution in [2.45, 2.75) is 5.92 Å². The number of hydrogen-bond acceptors (Lipinski definition) is 4. The Morgan fingerprint density at radius 3 is 2.23 bits per heavy atom. The average Bonchev–Trinajstić information content (AvgIpc) is 2.87. The number of rotatable bonds is 5. The number of amides is 1. The quantitative estimate of drug-likeness (QED) is 0.505. The van der Waals surface area contributed by atoms with Crippen LogP contribution in [-0.2, 0) is 9.57 Å².